The summed E-state index contributed by atoms with van der Waals surface area (Å²) in [6.45, 7) is 6.27. The van der Waals surface area contributed by atoms with Gasteiger partial charge in [-0.3, -0.25) is 4.90 Å². The van der Waals surface area contributed by atoms with Gasteiger partial charge in [-0.05, 0) is 34.5 Å². The maximum Gasteiger partial charge on any atom is 0.134 e. The van der Waals surface area contributed by atoms with E-state index in [4.69, 9.17) is 0 Å². The van der Waals surface area contributed by atoms with Crippen LogP contribution >= 0.6 is 56.7 Å². The molecule has 116 valence electrons. The predicted molar refractivity (Wildman–Crippen MR) is 95.5 cm³/mol. The summed E-state index contributed by atoms with van der Waals surface area (Å²) in [7, 11) is 0. The number of hydrogen-bond donors (Lipinski definition) is 2. The topological polar surface area (TPSA) is 35.5 Å². The first kappa shape index (κ1) is 20.5. The molecule has 1 saturated heterocycles. The third kappa shape index (κ3) is 4.75. The van der Waals surface area contributed by atoms with Crippen molar-refractivity contribution < 1.29 is 5.11 Å². The van der Waals surface area contributed by atoms with Crippen LogP contribution in [0.25, 0.3) is 0 Å². The van der Waals surface area contributed by atoms with Crippen molar-refractivity contribution in [2.75, 3.05) is 26.2 Å². The monoisotopic (exact) mass is 448 g/mol. The molecule has 1 fully saturated rings. The Morgan fingerprint density at radius 1 is 1.25 bits per heavy atom. The summed E-state index contributed by atoms with van der Waals surface area (Å²) >= 11 is 6.90. The second kappa shape index (κ2) is 9.49. The molecule has 0 unspecified atom stereocenters. The van der Waals surface area contributed by atoms with Gasteiger partial charge in [0.2, 0.25) is 0 Å². The third-order valence-electron chi connectivity index (χ3n) is 3.40. The van der Waals surface area contributed by atoms with E-state index in [0.29, 0.717) is 5.75 Å². The highest BCUT2D eigenvalue weighted by Gasteiger charge is 2.24. The molecule has 7 heteroatoms. The molecule has 3 nitrogen and oxygen atoms in total. The number of phenols is 1. The number of piperazine rings is 1. The first-order chi connectivity index (χ1) is 8.63. The minimum Gasteiger partial charge on any atom is -0.506 e. The molecule has 1 aliphatic heterocycles. The summed E-state index contributed by atoms with van der Waals surface area (Å²) in [4.78, 5) is 2.43. The maximum absolute atomic E-state index is 10.2. The first-order valence-corrected chi connectivity index (χ1v) is 7.84. The molecule has 2 N–H and O–H groups in total. The van der Waals surface area contributed by atoms with Gasteiger partial charge in [-0.15, -0.1) is 24.8 Å². The Balaban J connectivity index is 0.00000180. The quantitative estimate of drug-likeness (QED) is 0.727. The smallest absolute Gasteiger partial charge is 0.134 e. The molecular weight excluding hydrogens is 431 g/mol. The van der Waals surface area contributed by atoms with E-state index in [0.717, 1.165) is 47.1 Å². The Bertz CT molecular complexity index is 429. The van der Waals surface area contributed by atoms with E-state index in [1.807, 2.05) is 12.1 Å². The summed E-state index contributed by atoms with van der Waals surface area (Å²) < 4.78 is 1.75. The first-order valence-electron chi connectivity index (χ1n) is 6.26. The molecule has 0 spiro atoms. The van der Waals surface area contributed by atoms with Crippen LogP contribution in [0.4, 0.5) is 0 Å². The van der Waals surface area contributed by atoms with Crippen molar-refractivity contribution in [2.24, 2.45) is 0 Å². The molecule has 0 saturated carbocycles. The average molecular weight is 451 g/mol. The molecule has 1 atom stereocenters. The predicted octanol–water partition coefficient (Wildman–Crippen LogP) is 4.12. The number of phenolic OH excluding ortho intramolecular Hbond substituents is 1. The zero-order valence-electron chi connectivity index (χ0n) is 11.2. The van der Waals surface area contributed by atoms with Crippen molar-refractivity contribution in [1.29, 1.82) is 0 Å². The second-order valence-corrected chi connectivity index (χ2v) is 6.31. The Morgan fingerprint density at radius 3 is 2.40 bits per heavy atom. The minimum absolute atomic E-state index is 0. The van der Waals surface area contributed by atoms with Crippen molar-refractivity contribution in [3.63, 3.8) is 0 Å². The van der Waals surface area contributed by atoms with Crippen molar-refractivity contribution in [3.05, 3.63) is 26.6 Å². The molecule has 0 aliphatic carbocycles. The molecule has 20 heavy (non-hydrogen) atoms. The molecule has 0 radical (unpaired) electrons. The number of nitrogens with zero attached hydrogens (tertiary/aromatic N) is 1. The van der Waals surface area contributed by atoms with Crippen LogP contribution in [0.5, 0.6) is 5.75 Å². The van der Waals surface area contributed by atoms with Crippen LogP contribution in [-0.4, -0.2) is 36.2 Å². The van der Waals surface area contributed by atoms with Gasteiger partial charge in [0.1, 0.15) is 5.75 Å². The lowest BCUT2D eigenvalue weighted by molar-refractivity contribution is 0.166. The van der Waals surface area contributed by atoms with E-state index in [1.54, 1.807) is 0 Å². The van der Waals surface area contributed by atoms with E-state index in [-0.39, 0.29) is 30.9 Å². The number of hydrogen-bond acceptors (Lipinski definition) is 3. The van der Waals surface area contributed by atoms with Gasteiger partial charge in [-0.1, -0.05) is 22.9 Å². The van der Waals surface area contributed by atoms with Crippen LogP contribution in [0.3, 0.4) is 0 Å². The lowest BCUT2D eigenvalue weighted by Gasteiger charge is -2.35. The molecular formula is C13H20Br2Cl2N2O. The van der Waals surface area contributed by atoms with Gasteiger partial charge in [0, 0.05) is 42.3 Å². The standard InChI is InChI=1S/C13H18Br2N2O.2ClH/c1-2-12(17-5-3-16-4-6-17)10-7-9(14)8-11(15)13(10)18;;/h7-8,12,16,18H,2-6H2,1H3;2*1H/t12-;;/m1../s1. The summed E-state index contributed by atoms with van der Waals surface area (Å²) in [5, 5.41) is 13.6. The highest BCUT2D eigenvalue weighted by molar-refractivity contribution is 9.11. The zero-order chi connectivity index (χ0) is 13.1. The van der Waals surface area contributed by atoms with Gasteiger partial charge in [-0.25, -0.2) is 0 Å². The number of benzene rings is 1. The van der Waals surface area contributed by atoms with Crippen molar-refractivity contribution in [1.82, 2.24) is 10.2 Å². The zero-order valence-corrected chi connectivity index (χ0v) is 16.0. The summed E-state index contributed by atoms with van der Waals surface area (Å²) in [5.41, 5.74) is 1.00. The summed E-state index contributed by atoms with van der Waals surface area (Å²) in [5.74, 6) is 0.364. The fourth-order valence-corrected chi connectivity index (χ4v) is 3.77. The van der Waals surface area contributed by atoms with Crippen LogP contribution in [0, 0.1) is 0 Å². The molecule has 0 aromatic heterocycles. The normalized spacial score (nSPS) is 16.9. The third-order valence-corrected chi connectivity index (χ3v) is 4.46. The lowest BCUT2D eigenvalue weighted by Crippen LogP contribution is -2.45. The summed E-state index contributed by atoms with van der Waals surface area (Å²) in [6, 6.07) is 4.18. The largest absolute Gasteiger partial charge is 0.506 e. The minimum atomic E-state index is 0. The second-order valence-electron chi connectivity index (χ2n) is 4.54. The van der Waals surface area contributed by atoms with E-state index < -0.39 is 0 Å². The van der Waals surface area contributed by atoms with Crippen LogP contribution in [0.2, 0.25) is 0 Å². The van der Waals surface area contributed by atoms with E-state index in [1.165, 1.54) is 0 Å². The van der Waals surface area contributed by atoms with Gasteiger partial charge in [0.05, 0.1) is 4.47 Å². The number of nitrogens with one attached hydrogen (secondary N) is 1. The molecule has 0 amide bonds. The van der Waals surface area contributed by atoms with Crippen LogP contribution < -0.4 is 5.32 Å². The number of aromatic hydroxyl groups is 1. The van der Waals surface area contributed by atoms with Gasteiger partial charge in [-0.2, -0.15) is 0 Å². The SMILES string of the molecule is CC[C@H](c1cc(Br)cc(Br)c1O)N1CCNCC1.Cl.Cl. The highest BCUT2D eigenvalue weighted by atomic mass is 79.9. The molecule has 1 aromatic rings. The Morgan fingerprint density at radius 2 is 1.85 bits per heavy atom. The average Bonchev–Trinajstić information content (AvgIpc) is 2.37. The number of rotatable bonds is 3. The fourth-order valence-electron chi connectivity index (χ4n) is 2.51. The maximum atomic E-state index is 10.2. The molecule has 1 aliphatic rings. The van der Waals surface area contributed by atoms with Crippen molar-refractivity contribution >= 4 is 56.7 Å². The number of halogens is 4. The van der Waals surface area contributed by atoms with Crippen LogP contribution in [0.15, 0.2) is 21.1 Å². The highest BCUT2D eigenvalue weighted by Crippen LogP contribution is 2.38. The Labute approximate surface area is 149 Å². The fraction of sp³-hybridized carbons (Fsp3) is 0.538. The van der Waals surface area contributed by atoms with Crippen molar-refractivity contribution in [2.45, 2.75) is 19.4 Å². The molecule has 1 heterocycles. The molecule has 1 aromatic carbocycles. The van der Waals surface area contributed by atoms with Crippen LogP contribution in [-0.2, 0) is 0 Å². The van der Waals surface area contributed by atoms with Crippen LogP contribution in [0.1, 0.15) is 24.9 Å². The van der Waals surface area contributed by atoms with E-state index >= 15 is 0 Å². The van der Waals surface area contributed by atoms with Gasteiger partial charge >= 0.3 is 0 Å². The van der Waals surface area contributed by atoms with Gasteiger partial charge < -0.3 is 10.4 Å². The van der Waals surface area contributed by atoms with E-state index in [2.05, 4.69) is 49.0 Å². The van der Waals surface area contributed by atoms with Crippen molar-refractivity contribution in [3.8, 4) is 5.75 Å². The molecule has 0 bridgehead atoms. The summed E-state index contributed by atoms with van der Waals surface area (Å²) in [6.07, 6.45) is 0.996. The lowest BCUT2D eigenvalue weighted by atomic mass is 10.0. The Hall–Kier alpha value is 0.480. The van der Waals surface area contributed by atoms with Gasteiger partial charge in [0.15, 0.2) is 0 Å². The van der Waals surface area contributed by atoms with Gasteiger partial charge in [0.25, 0.3) is 0 Å². The van der Waals surface area contributed by atoms with E-state index in [9.17, 15) is 5.11 Å². The Kier molecular flexibility index (Phi) is 9.72. The molecule has 2 rings (SSSR count).